The second-order valence-electron chi connectivity index (χ2n) is 5.58. The molecule has 0 radical (unpaired) electrons. The average molecular weight is 344 g/mol. The van der Waals surface area contributed by atoms with Crippen LogP contribution >= 0.6 is 15.9 Å². The zero-order valence-corrected chi connectivity index (χ0v) is 14.0. The van der Waals surface area contributed by atoms with E-state index in [1.165, 1.54) is 5.56 Å². The summed E-state index contributed by atoms with van der Waals surface area (Å²) in [5.74, 6) is 1.21. The number of hydrogen-bond donors (Lipinski definition) is 1. The lowest BCUT2D eigenvalue weighted by molar-refractivity contribution is 0.867. The van der Waals surface area contributed by atoms with Gasteiger partial charge in [-0.05, 0) is 46.5 Å². The van der Waals surface area contributed by atoms with Gasteiger partial charge in [-0.25, -0.2) is 4.98 Å². The zero-order valence-electron chi connectivity index (χ0n) is 12.4. The highest BCUT2D eigenvalue weighted by Gasteiger charge is 2.14. The van der Waals surface area contributed by atoms with Crippen molar-refractivity contribution >= 4 is 27.4 Å². The topological polar surface area (TPSA) is 43.3 Å². The Morgan fingerprint density at radius 3 is 2.38 bits per heavy atom. The Kier molecular flexibility index (Phi) is 3.49. The summed E-state index contributed by atoms with van der Waals surface area (Å²) in [7, 11) is 0. The monoisotopic (exact) mass is 343 g/mol. The number of benzene rings is 1. The number of aryl methyl sites for hydroxylation is 1. The molecule has 0 saturated heterocycles. The van der Waals surface area contributed by atoms with Crippen LogP contribution in [0.4, 0.5) is 5.82 Å². The number of fused-ring (bicyclic) bond motifs is 1. The Hall–Kier alpha value is -1.81. The molecule has 0 fully saturated rings. The number of anilines is 1. The second kappa shape index (κ2) is 5.19. The van der Waals surface area contributed by atoms with E-state index in [1.807, 2.05) is 23.5 Å². The molecule has 2 aromatic heterocycles. The highest BCUT2D eigenvalue weighted by atomic mass is 79.9. The Bertz CT molecular complexity index is 801. The first-order chi connectivity index (χ1) is 9.99. The molecule has 1 aromatic carbocycles. The fourth-order valence-electron chi connectivity index (χ4n) is 2.53. The lowest BCUT2D eigenvalue weighted by Gasteiger charge is -2.06. The molecule has 3 aromatic rings. The van der Waals surface area contributed by atoms with Crippen molar-refractivity contribution in [1.29, 1.82) is 0 Å². The van der Waals surface area contributed by atoms with Gasteiger partial charge in [0.15, 0.2) is 0 Å². The summed E-state index contributed by atoms with van der Waals surface area (Å²) in [6, 6.07) is 12.5. The number of hydrogen-bond acceptors (Lipinski definition) is 2. The molecule has 0 atom stereocenters. The number of pyridine rings is 1. The van der Waals surface area contributed by atoms with Crippen molar-refractivity contribution in [3.05, 3.63) is 52.1 Å². The summed E-state index contributed by atoms with van der Waals surface area (Å²) in [5, 5.41) is 0. The van der Waals surface area contributed by atoms with E-state index < -0.39 is 0 Å². The van der Waals surface area contributed by atoms with Crippen molar-refractivity contribution in [3.8, 4) is 11.3 Å². The van der Waals surface area contributed by atoms with Crippen LogP contribution in [0.25, 0.3) is 16.9 Å². The lowest BCUT2D eigenvalue weighted by Crippen LogP contribution is -1.98. The normalized spacial score (nSPS) is 11.5. The third-order valence-corrected chi connectivity index (χ3v) is 4.69. The molecule has 21 heavy (non-hydrogen) atoms. The first-order valence-corrected chi connectivity index (χ1v) is 7.81. The highest BCUT2D eigenvalue weighted by Crippen LogP contribution is 2.30. The standard InChI is InChI=1S/C17H18BrN3/c1-10(2)12-4-6-13(7-5-12)16-17(19)21-11(3)14(18)8-9-15(21)20-16/h4-10H,19H2,1-3H3. The van der Waals surface area contributed by atoms with Crippen LogP contribution in [0.15, 0.2) is 40.9 Å². The summed E-state index contributed by atoms with van der Waals surface area (Å²) in [6.45, 7) is 6.41. The Labute approximate surface area is 132 Å². The Morgan fingerprint density at radius 1 is 1.10 bits per heavy atom. The van der Waals surface area contributed by atoms with E-state index in [4.69, 9.17) is 5.73 Å². The molecule has 3 nitrogen and oxygen atoms in total. The number of nitrogen functional groups attached to an aromatic ring is 1. The van der Waals surface area contributed by atoms with Crippen LogP contribution in [-0.4, -0.2) is 9.38 Å². The smallest absolute Gasteiger partial charge is 0.139 e. The van der Waals surface area contributed by atoms with Crippen LogP contribution in [-0.2, 0) is 0 Å². The molecule has 3 rings (SSSR count). The highest BCUT2D eigenvalue weighted by molar-refractivity contribution is 9.10. The average Bonchev–Trinajstić information content (AvgIpc) is 2.81. The van der Waals surface area contributed by atoms with Gasteiger partial charge in [0.1, 0.15) is 17.2 Å². The predicted molar refractivity (Wildman–Crippen MR) is 91.6 cm³/mol. The first-order valence-electron chi connectivity index (χ1n) is 7.02. The molecule has 2 heterocycles. The van der Waals surface area contributed by atoms with Crippen molar-refractivity contribution in [2.45, 2.75) is 26.7 Å². The predicted octanol–water partition coefficient (Wildman–Crippen LogP) is 4.78. The van der Waals surface area contributed by atoms with Gasteiger partial charge in [-0.3, -0.25) is 4.40 Å². The molecule has 108 valence electrons. The minimum absolute atomic E-state index is 0.524. The molecule has 0 saturated carbocycles. The molecule has 0 spiro atoms. The third-order valence-electron chi connectivity index (χ3n) is 3.85. The fourth-order valence-corrected chi connectivity index (χ4v) is 2.84. The number of aromatic nitrogens is 2. The molecule has 0 aliphatic carbocycles. The molecule has 0 unspecified atom stereocenters. The summed E-state index contributed by atoms with van der Waals surface area (Å²) in [5.41, 5.74) is 11.5. The third kappa shape index (κ3) is 2.33. The number of nitrogens with zero attached hydrogens (tertiary/aromatic N) is 2. The number of imidazole rings is 1. The van der Waals surface area contributed by atoms with Gasteiger partial charge in [0.25, 0.3) is 0 Å². The maximum Gasteiger partial charge on any atom is 0.139 e. The van der Waals surface area contributed by atoms with Crippen molar-refractivity contribution in [3.63, 3.8) is 0 Å². The summed E-state index contributed by atoms with van der Waals surface area (Å²) < 4.78 is 3.01. The van der Waals surface area contributed by atoms with Crippen LogP contribution in [0.1, 0.15) is 31.0 Å². The summed E-state index contributed by atoms with van der Waals surface area (Å²) in [4.78, 5) is 4.68. The van der Waals surface area contributed by atoms with Crippen molar-refractivity contribution in [1.82, 2.24) is 9.38 Å². The molecule has 0 aliphatic heterocycles. The summed E-state index contributed by atoms with van der Waals surface area (Å²) >= 11 is 3.54. The van der Waals surface area contributed by atoms with E-state index in [-0.39, 0.29) is 0 Å². The lowest BCUT2D eigenvalue weighted by atomic mass is 10.0. The van der Waals surface area contributed by atoms with Crippen molar-refractivity contribution in [2.24, 2.45) is 0 Å². The van der Waals surface area contributed by atoms with Crippen LogP contribution in [0, 0.1) is 6.92 Å². The van der Waals surface area contributed by atoms with Crippen LogP contribution < -0.4 is 5.73 Å². The van der Waals surface area contributed by atoms with Crippen LogP contribution in [0.3, 0.4) is 0 Å². The number of nitrogens with two attached hydrogens (primary N) is 1. The summed E-state index contributed by atoms with van der Waals surface area (Å²) in [6.07, 6.45) is 0. The van der Waals surface area contributed by atoms with E-state index >= 15 is 0 Å². The molecule has 4 heteroatoms. The molecule has 0 aliphatic rings. The van der Waals surface area contributed by atoms with Crippen LogP contribution in [0.2, 0.25) is 0 Å². The van der Waals surface area contributed by atoms with E-state index in [1.54, 1.807) is 0 Å². The van der Waals surface area contributed by atoms with E-state index in [0.29, 0.717) is 11.7 Å². The quantitative estimate of drug-likeness (QED) is 0.727. The minimum Gasteiger partial charge on any atom is -0.383 e. The molecule has 2 N–H and O–H groups in total. The van der Waals surface area contributed by atoms with Gasteiger partial charge in [-0.2, -0.15) is 0 Å². The van der Waals surface area contributed by atoms with Crippen LogP contribution in [0.5, 0.6) is 0 Å². The van der Waals surface area contributed by atoms with Gasteiger partial charge >= 0.3 is 0 Å². The minimum atomic E-state index is 0.524. The first kappa shape index (κ1) is 14.1. The largest absolute Gasteiger partial charge is 0.383 e. The maximum atomic E-state index is 6.32. The van der Waals surface area contributed by atoms with Gasteiger partial charge < -0.3 is 5.73 Å². The number of rotatable bonds is 2. The van der Waals surface area contributed by atoms with Gasteiger partial charge in [-0.15, -0.1) is 0 Å². The van der Waals surface area contributed by atoms with Gasteiger partial charge in [0.05, 0.1) is 0 Å². The van der Waals surface area contributed by atoms with Gasteiger partial charge in [0.2, 0.25) is 0 Å². The molecule has 0 amide bonds. The number of halogens is 1. The SMILES string of the molecule is Cc1c(Br)ccc2nc(-c3ccc(C(C)C)cc3)c(N)n12. The Morgan fingerprint density at radius 2 is 1.76 bits per heavy atom. The van der Waals surface area contributed by atoms with Gasteiger partial charge in [-0.1, -0.05) is 38.1 Å². The van der Waals surface area contributed by atoms with Crippen molar-refractivity contribution < 1.29 is 0 Å². The van der Waals surface area contributed by atoms with E-state index in [2.05, 4.69) is 59.0 Å². The van der Waals surface area contributed by atoms with E-state index in [0.717, 1.165) is 27.1 Å². The fraction of sp³-hybridized carbons (Fsp3) is 0.235. The zero-order chi connectivity index (χ0) is 15.1. The molecular weight excluding hydrogens is 326 g/mol. The van der Waals surface area contributed by atoms with Gasteiger partial charge in [0, 0.05) is 15.7 Å². The van der Waals surface area contributed by atoms with E-state index in [9.17, 15) is 0 Å². The van der Waals surface area contributed by atoms with Crippen molar-refractivity contribution in [2.75, 3.05) is 5.73 Å². The molecular formula is C17H18BrN3. The maximum absolute atomic E-state index is 6.32. The molecule has 0 bridgehead atoms. The second-order valence-corrected chi connectivity index (χ2v) is 6.44. The Balaban J connectivity index is 2.17.